The maximum absolute atomic E-state index is 5.92. The van der Waals surface area contributed by atoms with Crippen molar-refractivity contribution in [1.82, 2.24) is 5.32 Å². The zero-order valence-corrected chi connectivity index (χ0v) is 13.3. The molecule has 0 saturated heterocycles. The quantitative estimate of drug-likeness (QED) is 0.912. The summed E-state index contributed by atoms with van der Waals surface area (Å²) in [5, 5.41) is 7.35. The molecule has 1 N–H and O–H groups in total. The van der Waals surface area contributed by atoms with Gasteiger partial charge in [-0.3, -0.25) is 4.99 Å². The second kappa shape index (κ2) is 6.66. The first-order valence-electron chi connectivity index (χ1n) is 6.50. The predicted octanol–water partition coefficient (Wildman–Crippen LogP) is 4.21. The Bertz CT molecular complexity index is 595. The molecular weight excluding hydrogens is 308 g/mol. The third-order valence-electron chi connectivity index (χ3n) is 3.08. The van der Waals surface area contributed by atoms with Gasteiger partial charge >= 0.3 is 0 Å². The average molecular weight is 323 g/mol. The van der Waals surface area contributed by atoms with E-state index in [-0.39, 0.29) is 0 Å². The third kappa shape index (κ3) is 3.78. The molecule has 0 spiro atoms. The van der Waals surface area contributed by atoms with Crippen LogP contribution in [-0.2, 0) is 12.2 Å². The lowest BCUT2D eigenvalue weighted by Gasteiger charge is -2.11. The highest BCUT2D eigenvalue weighted by molar-refractivity contribution is 8.13. The number of halogens is 1. The summed E-state index contributed by atoms with van der Waals surface area (Å²) in [4.78, 5) is 5.86. The van der Waals surface area contributed by atoms with Gasteiger partial charge < -0.3 is 5.32 Å². The van der Waals surface area contributed by atoms with Crippen molar-refractivity contribution in [3.8, 4) is 0 Å². The molecule has 0 amide bonds. The van der Waals surface area contributed by atoms with E-state index < -0.39 is 0 Å². The van der Waals surface area contributed by atoms with Crippen molar-refractivity contribution in [2.45, 2.75) is 18.2 Å². The van der Waals surface area contributed by atoms with Crippen LogP contribution >= 0.6 is 34.7 Å². The highest BCUT2D eigenvalue weighted by Gasteiger charge is 2.18. The Morgan fingerprint density at radius 3 is 2.95 bits per heavy atom. The van der Waals surface area contributed by atoms with E-state index in [4.69, 9.17) is 11.6 Å². The molecule has 2 aromatic rings. The van der Waals surface area contributed by atoms with Crippen molar-refractivity contribution in [3.05, 3.63) is 57.2 Å². The predicted molar refractivity (Wildman–Crippen MR) is 90.0 cm³/mol. The van der Waals surface area contributed by atoms with Gasteiger partial charge in [0.25, 0.3) is 0 Å². The van der Waals surface area contributed by atoms with Crippen molar-refractivity contribution < 1.29 is 0 Å². The average Bonchev–Trinajstić information content (AvgIpc) is 3.07. The molecule has 1 unspecified atom stereocenters. The lowest BCUT2D eigenvalue weighted by Crippen LogP contribution is -2.30. The van der Waals surface area contributed by atoms with Gasteiger partial charge in [-0.25, -0.2) is 0 Å². The fourth-order valence-corrected chi connectivity index (χ4v) is 4.21. The van der Waals surface area contributed by atoms with E-state index in [9.17, 15) is 0 Å². The summed E-state index contributed by atoms with van der Waals surface area (Å²) in [7, 11) is 0. The Morgan fingerprint density at radius 1 is 1.35 bits per heavy atom. The molecule has 0 bridgehead atoms. The molecule has 1 aromatic heterocycles. The number of benzene rings is 1. The van der Waals surface area contributed by atoms with E-state index >= 15 is 0 Å². The summed E-state index contributed by atoms with van der Waals surface area (Å²) in [6.45, 7) is 0.864. The van der Waals surface area contributed by atoms with Crippen LogP contribution in [0.4, 0.5) is 0 Å². The normalized spacial score (nSPS) is 17.9. The van der Waals surface area contributed by atoms with Crippen LogP contribution in [-0.4, -0.2) is 17.8 Å². The smallest absolute Gasteiger partial charge is 0.157 e. The van der Waals surface area contributed by atoms with Crippen LogP contribution in [0, 0.1) is 0 Å². The van der Waals surface area contributed by atoms with Gasteiger partial charge in [-0.05, 0) is 18.1 Å². The fraction of sp³-hybridized carbons (Fsp3) is 0.267. The topological polar surface area (TPSA) is 24.4 Å². The SMILES string of the molecule is Clc1csc(CSC2=NCC(Cc3ccccc3)N2)c1. The molecule has 2 heterocycles. The van der Waals surface area contributed by atoms with Crippen LogP contribution in [0.25, 0.3) is 0 Å². The molecule has 0 radical (unpaired) electrons. The largest absolute Gasteiger partial charge is 0.360 e. The minimum absolute atomic E-state index is 0.423. The molecule has 0 aliphatic carbocycles. The van der Waals surface area contributed by atoms with Gasteiger partial charge in [-0.1, -0.05) is 53.7 Å². The van der Waals surface area contributed by atoms with Gasteiger partial charge in [0.15, 0.2) is 5.17 Å². The molecule has 1 atom stereocenters. The number of aliphatic imine (C=N–C) groups is 1. The molecule has 0 fully saturated rings. The maximum atomic E-state index is 5.92. The number of hydrogen-bond donors (Lipinski definition) is 1. The molecule has 1 aliphatic rings. The third-order valence-corrected chi connectivity index (χ3v) is 5.52. The number of thioether (sulfide) groups is 1. The molecular formula is C15H15ClN2S2. The number of rotatable bonds is 4. The highest BCUT2D eigenvalue weighted by atomic mass is 35.5. The Labute approximate surface area is 132 Å². The number of thiophene rings is 1. The van der Waals surface area contributed by atoms with Crippen LogP contribution in [0.15, 0.2) is 46.8 Å². The van der Waals surface area contributed by atoms with Crippen molar-refractivity contribution in [3.63, 3.8) is 0 Å². The zero-order chi connectivity index (χ0) is 13.8. The van der Waals surface area contributed by atoms with E-state index in [1.165, 1.54) is 10.4 Å². The van der Waals surface area contributed by atoms with Gasteiger partial charge in [-0.2, -0.15) is 0 Å². The fourth-order valence-electron chi connectivity index (χ4n) is 2.13. The summed E-state index contributed by atoms with van der Waals surface area (Å²) in [5.41, 5.74) is 1.36. The number of amidine groups is 1. The molecule has 2 nitrogen and oxygen atoms in total. The van der Waals surface area contributed by atoms with E-state index in [0.717, 1.165) is 28.9 Å². The summed E-state index contributed by atoms with van der Waals surface area (Å²) < 4.78 is 0. The number of hydrogen-bond acceptors (Lipinski definition) is 4. The first kappa shape index (κ1) is 14.0. The zero-order valence-electron chi connectivity index (χ0n) is 10.9. The molecule has 1 aromatic carbocycles. The molecule has 3 rings (SSSR count). The van der Waals surface area contributed by atoms with Crippen LogP contribution in [0.3, 0.4) is 0 Å². The van der Waals surface area contributed by atoms with E-state index in [2.05, 4.69) is 40.6 Å². The van der Waals surface area contributed by atoms with E-state index in [0.29, 0.717) is 6.04 Å². The second-order valence-electron chi connectivity index (χ2n) is 4.70. The maximum Gasteiger partial charge on any atom is 0.157 e. The van der Waals surface area contributed by atoms with E-state index in [1.807, 2.05) is 11.4 Å². The van der Waals surface area contributed by atoms with Crippen LogP contribution in [0.5, 0.6) is 0 Å². The van der Waals surface area contributed by atoms with Gasteiger partial charge in [0.05, 0.1) is 17.6 Å². The number of nitrogens with one attached hydrogen (secondary N) is 1. The lowest BCUT2D eigenvalue weighted by molar-refractivity contribution is 0.656. The minimum Gasteiger partial charge on any atom is -0.360 e. The van der Waals surface area contributed by atoms with Gasteiger partial charge in [0.1, 0.15) is 0 Å². The summed E-state index contributed by atoms with van der Waals surface area (Å²) in [6, 6.07) is 13.0. The molecule has 5 heteroatoms. The molecule has 1 aliphatic heterocycles. The van der Waals surface area contributed by atoms with Crippen LogP contribution < -0.4 is 5.32 Å². The Morgan fingerprint density at radius 2 is 2.20 bits per heavy atom. The molecule has 104 valence electrons. The van der Waals surface area contributed by atoms with Gasteiger partial charge in [0, 0.05) is 16.0 Å². The van der Waals surface area contributed by atoms with Crippen molar-refractivity contribution >= 4 is 39.9 Å². The van der Waals surface area contributed by atoms with Crippen molar-refractivity contribution in [2.75, 3.05) is 6.54 Å². The summed E-state index contributed by atoms with van der Waals surface area (Å²) in [5.74, 6) is 0.932. The summed E-state index contributed by atoms with van der Waals surface area (Å²) in [6.07, 6.45) is 1.03. The molecule has 20 heavy (non-hydrogen) atoms. The monoisotopic (exact) mass is 322 g/mol. The first-order chi connectivity index (χ1) is 9.79. The highest BCUT2D eigenvalue weighted by Crippen LogP contribution is 2.24. The Kier molecular flexibility index (Phi) is 4.65. The van der Waals surface area contributed by atoms with Crippen molar-refractivity contribution in [2.24, 2.45) is 4.99 Å². The first-order valence-corrected chi connectivity index (χ1v) is 8.74. The number of nitrogens with zero attached hydrogens (tertiary/aromatic N) is 1. The Balaban J connectivity index is 1.47. The Hall–Kier alpha value is -0.970. The van der Waals surface area contributed by atoms with Crippen LogP contribution in [0.1, 0.15) is 10.4 Å². The second-order valence-corrected chi connectivity index (χ2v) is 7.09. The molecule has 0 saturated carbocycles. The van der Waals surface area contributed by atoms with Crippen molar-refractivity contribution in [1.29, 1.82) is 0 Å². The minimum atomic E-state index is 0.423. The van der Waals surface area contributed by atoms with Crippen LogP contribution in [0.2, 0.25) is 5.02 Å². The standard InChI is InChI=1S/C15H15ClN2S2/c16-12-7-14(19-9-12)10-20-15-17-8-13(18-15)6-11-4-2-1-3-5-11/h1-5,7,9,13H,6,8,10H2,(H,17,18). The summed E-state index contributed by atoms with van der Waals surface area (Å²) >= 11 is 9.38. The van der Waals surface area contributed by atoms with Gasteiger partial charge in [0.2, 0.25) is 0 Å². The lowest BCUT2D eigenvalue weighted by atomic mass is 10.1. The van der Waals surface area contributed by atoms with Gasteiger partial charge in [-0.15, -0.1) is 11.3 Å². The van der Waals surface area contributed by atoms with E-state index in [1.54, 1.807) is 23.1 Å².